The molecule has 2 heterocycles. The maximum Gasteiger partial charge on any atom is 0.294 e. The Bertz CT molecular complexity index is 1520. The monoisotopic (exact) mass is 511 g/mol. The van der Waals surface area contributed by atoms with Gasteiger partial charge in [0.1, 0.15) is 5.58 Å². The Hall–Kier alpha value is -3.25. The van der Waals surface area contributed by atoms with Crippen LogP contribution in [0.2, 0.25) is 15.1 Å². The van der Waals surface area contributed by atoms with Gasteiger partial charge in [-0.3, -0.25) is 14.5 Å². The number of amides is 1. The molecule has 1 aliphatic heterocycles. The number of aryl methyl sites for hydroxylation is 1. The molecule has 5 nitrogen and oxygen atoms in total. The van der Waals surface area contributed by atoms with Crippen LogP contribution in [0, 0.1) is 6.92 Å². The number of anilines is 1. The lowest BCUT2D eigenvalue weighted by molar-refractivity contribution is -0.117. The number of nitrogens with zero attached hydrogens (tertiary/aromatic N) is 1. The van der Waals surface area contributed by atoms with Crippen molar-refractivity contribution in [2.75, 3.05) is 4.90 Å². The fourth-order valence-corrected chi connectivity index (χ4v) is 4.66. The van der Waals surface area contributed by atoms with Gasteiger partial charge in [0, 0.05) is 16.1 Å². The van der Waals surface area contributed by atoms with Crippen LogP contribution in [0.5, 0.6) is 0 Å². The van der Waals surface area contributed by atoms with Crippen LogP contribution in [0.25, 0.3) is 11.0 Å². The maximum absolute atomic E-state index is 13.7. The van der Waals surface area contributed by atoms with E-state index >= 15 is 0 Å². The van der Waals surface area contributed by atoms with Gasteiger partial charge in [-0.15, -0.1) is 0 Å². The zero-order valence-corrected chi connectivity index (χ0v) is 19.9. The summed E-state index contributed by atoms with van der Waals surface area (Å²) in [5.41, 5.74) is 2.27. The smallest absolute Gasteiger partial charge is 0.294 e. The molecule has 1 aromatic heterocycles. The maximum atomic E-state index is 13.7. The Kier molecular flexibility index (Phi) is 5.64. The number of carbonyl (C=O) groups is 2. The van der Waals surface area contributed by atoms with Gasteiger partial charge in [-0.25, -0.2) is 0 Å². The van der Waals surface area contributed by atoms with Gasteiger partial charge in [0.15, 0.2) is 11.5 Å². The molecule has 170 valence electrons. The first-order valence-electron chi connectivity index (χ1n) is 10.3. The Balaban J connectivity index is 1.68. The number of hydrogen-bond acceptors (Lipinski definition) is 4. The number of halogens is 3. The number of aliphatic hydroxyl groups excluding tert-OH is 1. The Morgan fingerprint density at radius 3 is 2.47 bits per heavy atom. The lowest BCUT2D eigenvalue weighted by Crippen LogP contribution is -2.31. The molecule has 0 bridgehead atoms. The quantitative estimate of drug-likeness (QED) is 0.288. The van der Waals surface area contributed by atoms with Gasteiger partial charge in [0.05, 0.1) is 21.7 Å². The van der Waals surface area contributed by atoms with Crippen molar-refractivity contribution in [3.05, 3.63) is 110 Å². The molecule has 8 heteroatoms. The number of ketones is 1. The van der Waals surface area contributed by atoms with E-state index < -0.39 is 23.5 Å². The van der Waals surface area contributed by atoms with Crippen molar-refractivity contribution in [3.8, 4) is 0 Å². The highest BCUT2D eigenvalue weighted by atomic mass is 35.5. The minimum atomic E-state index is -0.907. The first-order chi connectivity index (χ1) is 16.3. The number of fused-ring (bicyclic) bond motifs is 1. The van der Waals surface area contributed by atoms with E-state index in [4.69, 9.17) is 39.2 Å². The van der Waals surface area contributed by atoms with Crippen LogP contribution in [0.4, 0.5) is 5.69 Å². The first kappa shape index (κ1) is 22.5. The third-order valence-corrected chi connectivity index (χ3v) is 6.79. The third kappa shape index (κ3) is 3.66. The zero-order chi connectivity index (χ0) is 24.1. The first-order valence-corrected chi connectivity index (χ1v) is 11.4. The molecule has 1 unspecified atom stereocenters. The molecule has 1 aliphatic rings. The normalized spacial score (nSPS) is 16.1. The van der Waals surface area contributed by atoms with E-state index in [0.717, 1.165) is 5.56 Å². The molecule has 0 radical (unpaired) electrons. The number of hydrogen-bond donors (Lipinski definition) is 1. The van der Waals surface area contributed by atoms with E-state index in [1.165, 1.54) is 11.0 Å². The lowest BCUT2D eigenvalue weighted by Gasteiger charge is -2.28. The van der Waals surface area contributed by atoms with Crippen LogP contribution in [0.15, 0.2) is 82.5 Å². The summed E-state index contributed by atoms with van der Waals surface area (Å²) in [5.74, 6) is -1.99. The van der Waals surface area contributed by atoms with Crippen molar-refractivity contribution in [3.63, 3.8) is 0 Å². The molecule has 0 fully saturated rings. The Morgan fingerprint density at radius 1 is 0.971 bits per heavy atom. The number of benzene rings is 3. The standard InChI is InChI=1S/C26H16Cl3NO4/c1-13-4-2-3-5-17(13)23-22(24(31)21-11-14-10-15(27)6-9-20(14)34-21)25(32)26(33)30(23)16-7-8-18(28)19(29)12-16/h2-12,23,32H,1H3. The van der Waals surface area contributed by atoms with Gasteiger partial charge < -0.3 is 9.52 Å². The van der Waals surface area contributed by atoms with Gasteiger partial charge in [-0.1, -0.05) is 59.1 Å². The summed E-state index contributed by atoms with van der Waals surface area (Å²) in [6, 6.07) is 17.7. The summed E-state index contributed by atoms with van der Waals surface area (Å²) in [4.78, 5) is 28.3. The summed E-state index contributed by atoms with van der Waals surface area (Å²) in [7, 11) is 0. The van der Waals surface area contributed by atoms with Gasteiger partial charge >= 0.3 is 0 Å². The molecule has 0 aliphatic carbocycles. The second kappa shape index (κ2) is 8.51. The average Bonchev–Trinajstić information content (AvgIpc) is 3.34. The van der Waals surface area contributed by atoms with Crippen molar-refractivity contribution in [2.45, 2.75) is 13.0 Å². The van der Waals surface area contributed by atoms with E-state index in [2.05, 4.69) is 0 Å². The number of rotatable bonds is 4. The van der Waals surface area contributed by atoms with Crippen LogP contribution in [0.1, 0.15) is 27.7 Å². The largest absolute Gasteiger partial charge is 0.503 e. The second-order valence-electron chi connectivity index (χ2n) is 7.92. The number of aliphatic hydroxyl groups is 1. The molecular formula is C26H16Cl3NO4. The molecule has 1 amide bonds. The highest BCUT2D eigenvalue weighted by Gasteiger charge is 2.46. The third-order valence-electron chi connectivity index (χ3n) is 5.82. The molecular weight excluding hydrogens is 497 g/mol. The molecule has 0 saturated heterocycles. The van der Waals surface area contributed by atoms with E-state index in [1.54, 1.807) is 42.5 Å². The van der Waals surface area contributed by atoms with Crippen molar-refractivity contribution < 1.29 is 19.1 Å². The number of carbonyl (C=O) groups excluding carboxylic acids is 2. The van der Waals surface area contributed by atoms with Gasteiger partial charge in [-0.2, -0.15) is 0 Å². The van der Waals surface area contributed by atoms with Crippen molar-refractivity contribution in [1.29, 1.82) is 0 Å². The van der Waals surface area contributed by atoms with Crippen LogP contribution < -0.4 is 4.90 Å². The predicted molar refractivity (Wildman–Crippen MR) is 133 cm³/mol. The fraction of sp³-hybridized carbons (Fsp3) is 0.0769. The minimum Gasteiger partial charge on any atom is -0.503 e. The minimum absolute atomic E-state index is 0.0128. The molecule has 1 N–H and O–H groups in total. The molecule has 4 aromatic rings. The molecule has 1 atom stereocenters. The van der Waals surface area contributed by atoms with Crippen LogP contribution in [-0.4, -0.2) is 16.8 Å². The van der Waals surface area contributed by atoms with E-state index in [-0.39, 0.29) is 16.4 Å². The van der Waals surface area contributed by atoms with Crippen molar-refractivity contribution in [1.82, 2.24) is 0 Å². The predicted octanol–water partition coefficient (Wildman–Crippen LogP) is 7.48. The fourth-order valence-electron chi connectivity index (χ4n) is 4.19. The number of furan rings is 1. The lowest BCUT2D eigenvalue weighted by atomic mass is 9.92. The molecule has 0 spiro atoms. The molecule has 5 rings (SSSR count). The average molecular weight is 513 g/mol. The summed E-state index contributed by atoms with van der Waals surface area (Å²) in [5, 5.41) is 12.6. The second-order valence-corrected chi connectivity index (χ2v) is 9.17. The Labute approximate surface area is 209 Å². The highest BCUT2D eigenvalue weighted by Crippen LogP contribution is 2.44. The summed E-state index contributed by atoms with van der Waals surface area (Å²) in [6.07, 6.45) is 0. The van der Waals surface area contributed by atoms with Gasteiger partial charge in [0.2, 0.25) is 5.78 Å². The molecule has 3 aromatic carbocycles. The topological polar surface area (TPSA) is 70.7 Å². The van der Waals surface area contributed by atoms with Crippen LogP contribution >= 0.6 is 34.8 Å². The van der Waals surface area contributed by atoms with Crippen molar-refractivity contribution in [2.24, 2.45) is 0 Å². The van der Waals surface area contributed by atoms with E-state index in [1.807, 2.05) is 25.1 Å². The molecule has 0 saturated carbocycles. The summed E-state index contributed by atoms with van der Waals surface area (Å²) in [6.45, 7) is 1.87. The highest BCUT2D eigenvalue weighted by molar-refractivity contribution is 6.42. The molecule has 34 heavy (non-hydrogen) atoms. The van der Waals surface area contributed by atoms with Gasteiger partial charge in [0.25, 0.3) is 5.91 Å². The summed E-state index contributed by atoms with van der Waals surface area (Å²) >= 11 is 18.3. The van der Waals surface area contributed by atoms with E-state index in [9.17, 15) is 14.7 Å². The SMILES string of the molecule is Cc1ccccc1C1C(C(=O)c2cc3cc(Cl)ccc3o2)=C(O)C(=O)N1c1ccc(Cl)c(Cl)c1. The van der Waals surface area contributed by atoms with Crippen LogP contribution in [-0.2, 0) is 4.79 Å². The van der Waals surface area contributed by atoms with Gasteiger partial charge in [-0.05, 0) is 60.5 Å². The van der Waals surface area contributed by atoms with E-state index in [0.29, 0.717) is 32.3 Å². The Morgan fingerprint density at radius 2 is 1.74 bits per heavy atom. The zero-order valence-electron chi connectivity index (χ0n) is 17.7. The summed E-state index contributed by atoms with van der Waals surface area (Å²) < 4.78 is 5.75. The van der Waals surface area contributed by atoms with Crippen LogP contribution in [0.3, 0.4) is 0 Å². The van der Waals surface area contributed by atoms with Crippen molar-refractivity contribution >= 4 is 63.1 Å². The number of Topliss-reactive ketones (excluding diaryl/α,β-unsaturated/α-hetero) is 1.